The second-order valence-electron chi connectivity index (χ2n) is 5.61. The average molecular weight is 345 g/mol. The molecule has 3 rings (SSSR count). The summed E-state index contributed by atoms with van der Waals surface area (Å²) in [6, 6.07) is 8.36. The van der Waals surface area contributed by atoms with E-state index in [1.807, 2.05) is 19.9 Å². The Morgan fingerprint density at radius 2 is 1.92 bits per heavy atom. The van der Waals surface area contributed by atoms with E-state index in [4.69, 9.17) is 4.74 Å². The normalized spacial score (nSPS) is 22.0. The van der Waals surface area contributed by atoms with E-state index in [0.717, 1.165) is 41.9 Å². The van der Waals surface area contributed by atoms with Crippen LogP contribution in [0.4, 0.5) is 5.69 Å². The number of carbonyl (C=O) groups excluding carboxylic acids is 1. The van der Waals surface area contributed by atoms with Crippen LogP contribution in [0.2, 0.25) is 0 Å². The predicted octanol–water partition coefficient (Wildman–Crippen LogP) is 2.84. The van der Waals surface area contributed by atoms with Gasteiger partial charge in [0.25, 0.3) is 5.91 Å². The molecule has 1 aromatic rings. The number of thioether (sulfide) groups is 1. The highest BCUT2D eigenvalue weighted by Crippen LogP contribution is 2.32. The smallest absolute Gasteiger partial charge is 0.266 e. The zero-order chi connectivity index (χ0) is 16.9. The van der Waals surface area contributed by atoms with Crippen LogP contribution in [0.1, 0.15) is 19.4 Å². The van der Waals surface area contributed by atoms with Crippen molar-refractivity contribution in [3.8, 4) is 0 Å². The van der Waals surface area contributed by atoms with E-state index in [2.05, 4.69) is 34.2 Å². The monoisotopic (exact) mass is 345 g/mol. The first kappa shape index (κ1) is 17.0. The summed E-state index contributed by atoms with van der Waals surface area (Å²) >= 11 is 1.46. The van der Waals surface area contributed by atoms with Crippen LogP contribution in [0.5, 0.6) is 0 Å². The molecule has 2 fully saturated rings. The van der Waals surface area contributed by atoms with Gasteiger partial charge in [0, 0.05) is 31.9 Å². The third-order valence-electron chi connectivity index (χ3n) is 4.06. The molecule has 2 aliphatic rings. The Bertz CT molecular complexity index is 649. The van der Waals surface area contributed by atoms with E-state index in [-0.39, 0.29) is 5.91 Å². The molecule has 0 saturated carbocycles. The lowest BCUT2D eigenvalue weighted by atomic mass is 10.1. The summed E-state index contributed by atoms with van der Waals surface area (Å²) in [6.07, 6.45) is 1.96. The van der Waals surface area contributed by atoms with Crippen molar-refractivity contribution in [1.29, 1.82) is 0 Å². The molecule has 1 amide bonds. The molecular weight excluding hydrogens is 322 g/mol. The molecule has 128 valence electrons. The van der Waals surface area contributed by atoms with Crippen LogP contribution in [-0.2, 0) is 9.53 Å². The molecule has 0 spiro atoms. The van der Waals surface area contributed by atoms with Gasteiger partial charge in [-0.1, -0.05) is 12.1 Å². The van der Waals surface area contributed by atoms with E-state index in [1.165, 1.54) is 17.4 Å². The third kappa shape index (κ3) is 3.65. The lowest BCUT2D eigenvalue weighted by Crippen LogP contribution is -2.36. The number of morpholine rings is 1. The van der Waals surface area contributed by atoms with Crippen molar-refractivity contribution in [1.82, 2.24) is 4.90 Å². The van der Waals surface area contributed by atoms with Crippen molar-refractivity contribution in [2.75, 3.05) is 44.3 Å². The van der Waals surface area contributed by atoms with Gasteiger partial charge in [-0.2, -0.15) is 0 Å². The van der Waals surface area contributed by atoms with Crippen LogP contribution in [0.3, 0.4) is 0 Å². The van der Waals surface area contributed by atoms with Gasteiger partial charge in [-0.25, -0.2) is 0 Å². The summed E-state index contributed by atoms with van der Waals surface area (Å²) in [5.41, 5.74) is 2.24. The maximum absolute atomic E-state index is 12.5. The minimum Gasteiger partial charge on any atom is -0.378 e. The number of aliphatic imine (C=N–C) groups is 1. The van der Waals surface area contributed by atoms with E-state index >= 15 is 0 Å². The van der Waals surface area contributed by atoms with E-state index in [9.17, 15) is 4.79 Å². The molecule has 24 heavy (non-hydrogen) atoms. The second kappa shape index (κ2) is 7.85. The zero-order valence-electron chi connectivity index (χ0n) is 14.2. The largest absolute Gasteiger partial charge is 0.378 e. The Morgan fingerprint density at radius 3 is 2.54 bits per heavy atom. The maximum Gasteiger partial charge on any atom is 0.266 e. The molecule has 0 atom stereocenters. The number of hydrogen-bond acceptors (Lipinski definition) is 5. The van der Waals surface area contributed by atoms with Crippen LogP contribution < -0.4 is 4.90 Å². The standard InChI is InChI=1S/C18H23N3O2S/c1-3-19-18-21(4-2)17(22)16(24-18)13-14-5-7-15(8-6-14)20-9-11-23-12-10-20/h5-8,13H,3-4,9-12H2,1-2H3/b16-13+,19-18?. The van der Waals surface area contributed by atoms with Crippen LogP contribution in [-0.4, -0.2) is 55.4 Å². The zero-order valence-corrected chi connectivity index (χ0v) is 15.0. The fourth-order valence-corrected chi connectivity index (χ4v) is 3.90. The number of amidine groups is 1. The van der Waals surface area contributed by atoms with Crippen molar-refractivity contribution in [3.63, 3.8) is 0 Å². The summed E-state index contributed by atoms with van der Waals surface area (Å²) in [7, 11) is 0. The summed E-state index contributed by atoms with van der Waals surface area (Å²) in [5.74, 6) is 0.0481. The fraction of sp³-hybridized carbons (Fsp3) is 0.444. The van der Waals surface area contributed by atoms with Gasteiger partial charge in [-0.15, -0.1) is 0 Å². The number of amides is 1. The first-order valence-corrected chi connectivity index (χ1v) is 9.23. The molecular formula is C18H23N3O2S. The highest BCUT2D eigenvalue weighted by Gasteiger charge is 2.31. The minimum atomic E-state index is 0.0481. The topological polar surface area (TPSA) is 45.1 Å². The Kier molecular flexibility index (Phi) is 5.58. The van der Waals surface area contributed by atoms with Gasteiger partial charge in [0.05, 0.1) is 18.1 Å². The van der Waals surface area contributed by atoms with Crippen molar-refractivity contribution in [2.24, 2.45) is 4.99 Å². The van der Waals surface area contributed by atoms with Crippen molar-refractivity contribution in [2.45, 2.75) is 13.8 Å². The van der Waals surface area contributed by atoms with Gasteiger partial charge in [0.2, 0.25) is 0 Å². The molecule has 2 saturated heterocycles. The Labute approximate surface area is 147 Å². The lowest BCUT2D eigenvalue weighted by Gasteiger charge is -2.28. The predicted molar refractivity (Wildman–Crippen MR) is 100 cm³/mol. The molecule has 0 bridgehead atoms. The number of nitrogens with zero attached hydrogens (tertiary/aromatic N) is 3. The molecule has 2 heterocycles. The lowest BCUT2D eigenvalue weighted by molar-refractivity contribution is -0.122. The van der Waals surface area contributed by atoms with Crippen LogP contribution in [0.15, 0.2) is 34.2 Å². The summed E-state index contributed by atoms with van der Waals surface area (Å²) in [6.45, 7) is 8.72. The van der Waals surface area contributed by atoms with E-state index < -0.39 is 0 Å². The summed E-state index contributed by atoms with van der Waals surface area (Å²) in [4.78, 5) is 21.7. The molecule has 2 aliphatic heterocycles. The fourth-order valence-electron chi connectivity index (χ4n) is 2.79. The molecule has 0 radical (unpaired) electrons. The number of benzene rings is 1. The molecule has 0 unspecified atom stereocenters. The van der Waals surface area contributed by atoms with Crippen molar-refractivity contribution < 1.29 is 9.53 Å². The van der Waals surface area contributed by atoms with Crippen LogP contribution in [0, 0.1) is 0 Å². The van der Waals surface area contributed by atoms with Gasteiger partial charge >= 0.3 is 0 Å². The summed E-state index contributed by atoms with van der Waals surface area (Å²) < 4.78 is 5.39. The van der Waals surface area contributed by atoms with Crippen molar-refractivity contribution >= 4 is 34.6 Å². The minimum absolute atomic E-state index is 0.0481. The number of rotatable bonds is 4. The number of anilines is 1. The summed E-state index contributed by atoms with van der Waals surface area (Å²) in [5, 5.41) is 0.807. The SMILES string of the molecule is CCN=C1S/C(=C/c2ccc(N3CCOCC3)cc2)C(=O)N1CC. The molecule has 0 N–H and O–H groups in total. The molecule has 6 heteroatoms. The maximum atomic E-state index is 12.5. The van der Waals surface area contributed by atoms with E-state index in [0.29, 0.717) is 13.1 Å². The quantitative estimate of drug-likeness (QED) is 0.787. The number of ether oxygens (including phenoxy) is 1. The first-order valence-electron chi connectivity index (χ1n) is 8.41. The van der Waals surface area contributed by atoms with Crippen molar-refractivity contribution in [3.05, 3.63) is 34.7 Å². The Hall–Kier alpha value is -1.79. The number of hydrogen-bond donors (Lipinski definition) is 0. The molecule has 0 aliphatic carbocycles. The van der Waals surface area contributed by atoms with Gasteiger partial charge in [-0.05, 0) is 49.4 Å². The third-order valence-corrected chi connectivity index (χ3v) is 5.11. The van der Waals surface area contributed by atoms with Gasteiger partial charge in [-0.3, -0.25) is 14.7 Å². The van der Waals surface area contributed by atoms with Gasteiger partial charge in [0.15, 0.2) is 5.17 Å². The van der Waals surface area contributed by atoms with Gasteiger partial charge in [0.1, 0.15) is 0 Å². The second-order valence-corrected chi connectivity index (χ2v) is 6.62. The van der Waals surface area contributed by atoms with Crippen LogP contribution >= 0.6 is 11.8 Å². The highest BCUT2D eigenvalue weighted by atomic mass is 32.2. The Balaban J connectivity index is 1.76. The first-order chi connectivity index (χ1) is 11.7. The average Bonchev–Trinajstić information content (AvgIpc) is 2.91. The number of likely N-dealkylation sites (N-methyl/N-ethyl adjacent to an activating group) is 1. The molecule has 5 nitrogen and oxygen atoms in total. The molecule has 1 aromatic carbocycles. The number of carbonyl (C=O) groups is 1. The molecule has 0 aromatic heterocycles. The van der Waals surface area contributed by atoms with Gasteiger partial charge < -0.3 is 9.64 Å². The highest BCUT2D eigenvalue weighted by molar-refractivity contribution is 8.18. The Morgan fingerprint density at radius 1 is 1.21 bits per heavy atom. The van der Waals surface area contributed by atoms with E-state index in [1.54, 1.807) is 4.90 Å². The van der Waals surface area contributed by atoms with Crippen LogP contribution in [0.25, 0.3) is 6.08 Å².